The predicted molar refractivity (Wildman–Crippen MR) is 61.3 cm³/mol. The molecule has 0 fully saturated rings. The van der Waals surface area contributed by atoms with Crippen LogP contribution in [0.2, 0.25) is 0 Å². The van der Waals surface area contributed by atoms with Crippen LogP contribution >= 0.6 is 0 Å². The molecule has 0 saturated carbocycles. The van der Waals surface area contributed by atoms with Gasteiger partial charge in [-0.05, 0) is 18.2 Å². The van der Waals surface area contributed by atoms with Gasteiger partial charge in [-0.15, -0.1) is 0 Å². The minimum atomic E-state index is 0.592. The topological polar surface area (TPSA) is 63.7 Å². The summed E-state index contributed by atoms with van der Waals surface area (Å²) in [6.45, 7) is 1.37. The molecule has 0 radical (unpaired) electrons. The van der Waals surface area contributed by atoms with Gasteiger partial charge in [-0.2, -0.15) is 10.4 Å². The summed E-state index contributed by atoms with van der Waals surface area (Å²) in [7, 11) is 0. The Labute approximate surface area is 99.3 Å². The van der Waals surface area contributed by atoms with Crippen molar-refractivity contribution in [1.82, 2.24) is 14.8 Å². The molecule has 0 atom stereocenters. The lowest BCUT2D eigenvalue weighted by atomic mass is 10.2. The average Bonchev–Trinajstić information content (AvgIpc) is 2.88. The maximum Gasteiger partial charge on any atom is 0.137 e. The molecule has 86 valence electrons. The van der Waals surface area contributed by atoms with E-state index in [0.29, 0.717) is 12.2 Å². The second-order valence-electron chi connectivity index (χ2n) is 3.50. The zero-order valence-corrected chi connectivity index (χ0v) is 9.28. The molecule has 0 aliphatic carbocycles. The number of aryl methyl sites for hydroxylation is 1. The van der Waals surface area contributed by atoms with Gasteiger partial charge in [-0.1, -0.05) is 6.07 Å². The second-order valence-corrected chi connectivity index (χ2v) is 3.50. The lowest BCUT2D eigenvalue weighted by molar-refractivity contribution is 0.298. The number of aromatic nitrogens is 3. The minimum absolute atomic E-state index is 0.592. The molecule has 0 aliphatic heterocycles. The van der Waals surface area contributed by atoms with Gasteiger partial charge >= 0.3 is 0 Å². The van der Waals surface area contributed by atoms with E-state index in [-0.39, 0.29) is 0 Å². The van der Waals surface area contributed by atoms with Gasteiger partial charge in [0, 0.05) is 13.0 Å². The van der Waals surface area contributed by atoms with E-state index in [4.69, 9.17) is 10.00 Å². The highest BCUT2D eigenvalue weighted by molar-refractivity contribution is 5.36. The molecule has 17 heavy (non-hydrogen) atoms. The molecule has 2 rings (SSSR count). The Morgan fingerprint density at radius 3 is 3.12 bits per heavy atom. The van der Waals surface area contributed by atoms with Crippen molar-refractivity contribution in [2.45, 2.75) is 13.0 Å². The summed E-state index contributed by atoms with van der Waals surface area (Å²) in [5.74, 6) is 0.725. The van der Waals surface area contributed by atoms with E-state index in [1.54, 1.807) is 23.1 Å². The van der Waals surface area contributed by atoms with Gasteiger partial charge in [0.1, 0.15) is 18.4 Å². The lowest BCUT2D eigenvalue weighted by Crippen LogP contribution is -2.04. The van der Waals surface area contributed by atoms with Crippen LogP contribution in [0.3, 0.4) is 0 Å². The number of hydrogen-bond donors (Lipinski definition) is 0. The van der Waals surface area contributed by atoms with Crippen molar-refractivity contribution in [3.8, 4) is 11.8 Å². The van der Waals surface area contributed by atoms with E-state index in [0.717, 1.165) is 18.7 Å². The number of ether oxygens (including phenoxy) is 1. The Morgan fingerprint density at radius 2 is 2.35 bits per heavy atom. The van der Waals surface area contributed by atoms with Crippen LogP contribution in [0.4, 0.5) is 0 Å². The van der Waals surface area contributed by atoms with Gasteiger partial charge in [-0.3, -0.25) is 4.68 Å². The first-order valence-corrected chi connectivity index (χ1v) is 5.34. The van der Waals surface area contributed by atoms with Crippen LogP contribution in [0.15, 0.2) is 36.9 Å². The number of benzene rings is 1. The Balaban J connectivity index is 1.76. The molecule has 5 nitrogen and oxygen atoms in total. The molecule has 5 heteroatoms. The van der Waals surface area contributed by atoms with Crippen LogP contribution in [-0.2, 0) is 6.54 Å². The molecule has 1 aromatic carbocycles. The van der Waals surface area contributed by atoms with Crippen LogP contribution in [0.5, 0.6) is 5.75 Å². The summed E-state index contributed by atoms with van der Waals surface area (Å²) in [4.78, 5) is 3.86. The summed E-state index contributed by atoms with van der Waals surface area (Å²) in [6, 6.07) is 9.22. The van der Waals surface area contributed by atoms with E-state index >= 15 is 0 Å². The van der Waals surface area contributed by atoms with Crippen molar-refractivity contribution in [3.63, 3.8) is 0 Å². The highest BCUT2D eigenvalue weighted by atomic mass is 16.5. The van der Waals surface area contributed by atoms with Crippen molar-refractivity contribution < 1.29 is 4.74 Å². The summed E-state index contributed by atoms with van der Waals surface area (Å²) in [6.07, 6.45) is 4.04. The minimum Gasteiger partial charge on any atom is -0.493 e. The molecule has 2 aromatic rings. The fraction of sp³-hybridized carbons (Fsp3) is 0.250. The largest absolute Gasteiger partial charge is 0.493 e. The van der Waals surface area contributed by atoms with Crippen molar-refractivity contribution in [2.24, 2.45) is 0 Å². The number of hydrogen-bond acceptors (Lipinski definition) is 4. The highest BCUT2D eigenvalue weighted by Gasteiger charge is 1.96. The molecule has 0 N–H and O–H groups in total. The molecular weight excluding hydrogens is 216 g/mol. The molecule has 0 aliphatic rings. The molecule has 0 unspecified atom stereocenters. The zero-order chi connectivity index (χ0) is 11.9. The standard InChI is InChI=1S/C12H12N4O/c13-8-11-3-1-4-12(7-11)17-6-2-5-16-10-14-9-15-16/h1,3-4,7,9-10H,2,5-6H2. The van der Waals surface area contributed by atoms with Crippen molar-refractivity contribution in [1.29, 1.82) is 5.26 Å². The van der Waals surface area contributed by atoms with Crippen LogP contribution in [0, 0.1) is 11.3 Å². The van der Waals surface area contributed by atoms with E-state index in [1.165, 1.54) is 6.33 Å². The molecule has 1 heterocycles. The lowest BCUT2D eigenvalue weighted by Gasteiger charge is -2.05. The van der Waals surface area contributed by atoms with Crippen molar-refractivity contribution >= 4 is 0 Å². The quantitative estimate of drug-likeness (QED) is 0.729. The maximum atomic E-state index is 8.73. The summed E-state index contributed by atoms with van der Waals surface area (Å²) < 4.78 is 7.29. The van der Waals surface area contributed by atoms with E-state index in [9.17, 15) is 0 Å². The fourth-order valence-corrected chi connectivity index (χ4v) is 1.42. The van der Waals surface area contributed by atoms with Crippen LogP contribution < -0.4 is 4.74 Å². The van der Waals surface area contributed by atoms with E-state index < -0.39 is 0 Å². The third-order valence-electron chi connectivity index (χ3n) is 2.23. The average molecular weight is 228 g/mol. The van der Waals surface area contributed by atoms with Gasteiger partial charge in [0.2, 0.25) is 0 Å². The van der Waals surface area contributed by atoms with Crippen molar-refractivity contribution in [2.75, 3.05) is 6.61 Å². The first-order valence-electron chi connectivity index (χ1n) is 5.34. The number of nitriles is 1. The fourth-order valence-electron chi connectivity index (χ4n) is 1.42. The zero-order valence-electron chi connectivity index (χ0n) is 9.28. The molecule has 0 bridgehead atoms. The van der Waals surface area contributed by atoms with Crippen molar-refractivity contribution in [3.05, 3.63) is 42.5 Å². The Bertz CT molecular complexity index is 501. The summed E-state index contributed by atoms with van der Waals surface area (Å²) >= 11 is 0. The number of rotatable bonds is 5. The highest BCUT2D eigenvalue weighted by Crippen LogP contribution is 2.12. The van der Waals surface area contributed by atoms with Crippen LogP contribution in [-0.4, -0.2) is 21.4 Å². The third kappa shape index (κ3) is 3.31. The summed E-state index contributed by atoms with van der Waals surface area (Å²) in [5, 5.41) is 12.7. The first kappa shape index (κ1) is 11.1. The Hall–Kier alpha value is -2.35. The maximum absolute atomic E-state index is 8.73. The SMILES string of the molecule is N#Cc1cccc(OCCCn2cncn2)c1. The summed E-state index contributed by atoms with van der Waals surface area (Å²) in [5.41, 5.74) is 0.610. The van der Waals surface area contributed by atoms with Gasteiger partial charge in [0.05, 0.1) is 18.2 Å². The van der Waals surface area contributed by atoms with Crippen LogP contribution in [0.1, 0.15) is 12.0 Å². The smallest absolute Gasteiger partial charge is 0.137 e. The Morgan fingerprint density at radius 1 is 1.41 bits per heavy atom. The molecule has 1 aromatic heterocycles. The molecule has 0 amide bonds. The first-order chi connectivity index (χ1) is 8.38. The third-order valence-corrected chi connectivity index (χ3v) is 2.23. The molecule has 0 saturated heterocycles. The Kier molecular flexibility index (Phi) is 3.71. The predicted octanol–water partition coefficient (Wildman–Crippen LogP) is 1.62. The van der Waals surface area contributed by atoms with Gasteiger partial charge in [0.25, 0.3) is 0 Å². The van der Waals surface area contributed by atoms with Crippen LogP contribution in [0.25, 0.3) is 0 Å². The van der Waals surface area contributed by atoms with E-state index in [2.05, 4.69) is 16.2 Å². The van der Waals surface area contributed by atoms with Gasteiger partial charge in [-0.25, -0.2) is 4.98 Å². The van der Waals surface area contributed by atoms with Gasteiger partial charge in [0.15, 0.2) is 0 Å². The van der Waals surface area contributed by atoms with E-state index in [1.807, 2.05) is 12.1 Å². The second kappa shape index (κ2) is 5.66. The molecular formula is C12H12N4O. The van der Waals surface area contributed by atoms with Gasteiger partial charge < -0.3 is 4.74 Å². The number of nitrogens with zero attached hydrogens (tertiary/aromatic N) is 4. The monoisotopic (exact) mass is 228 g/mol. The normalized spacial score (nSPS) is 9.82. The molecule has 0 spiro atoms.